The van der Waals surface area contributed by atoms with Crippen molar-refractivity contribution in [2.75, 3.05) is 13.1 Å². The monoisotopic (exact) mass is 384 g/mol. The van der Waals surface area contributed by atoms with Gasteiger partial charge in [0.05, 0.1) is 4.90 Å². The average molecular weight is 384 g/mol. The van der Waals surface area contributed by atoms with Crippen molar-refractivity contribution in [2.45, 2.75) is 18.4 Å². The summed E-state index contributed by atoms with van der Waals surface area (Å²) in [6, 6.07) is 11.6. The molecule has 140 valence electrons. The van der Waals surface area contributed by atoms with Crippen LogP contribution in [0.15, 0.2) is 53.4 Å². The molecule has 0 bridgehead atoms. The Morgan fingerprint density at radius 1 is 1.04 bits per heavy atom. The number of halogens is 2. The molecule has 0 spiro atoms. The number of amides is 1. The standard InChI is InChI=1S/C17H18F2N2O4S/c1-12-2-8-15(9-3-12)26(23,24)21-11-10-20-16(22)13-4-6-14(7-5-13)25-17(18)19/h2-9,17,21H,10-11H2,1H3,(H,20,22). The number of hydrogen-bond acceptors (Lipinski definition) is 4. The van der Waals surface area contributed by atoms with Gasteiger partial charge in [-0.1, -0.05) is 17.7 Å². The third-order valence-electron chi connectivity index (χ3n) is 3.38. The molecule has 0 saturated carbocycles. The Morgan fingerprint density at radius 3 is 2.23 bits per heavy atom. The van der Waals surface area contributed by atoms with Gasteiger partial charge < -0.3 is 10.1 Å². The van der Waals surface area contributed by atoms with E-state index in [0.29, 0.717) is 0 Å². The van der Waals surface area contributed by atoms with Crippen LogP contribution in [-0.2, 0) is 10.0 Å². The number of aryl methyl sites for hydroxylation is 1. The molecule has 0 fully saturated rings. The molecule has 0 atom stereocenters. The number of alkyl halides is 2. The van der Waals surface area contributed by atoms with Crippen molar-refractivity contribution in [2.24, 2.45) is 0 Å². The summed E-state index contributed by atoms with van der Waals surface area (Å²) in [6.07, 6.45) is 0. The van der Waals surface area contributed by atoms with E-state index in [1.807, 2.05) is 6.92 Å². The van der Waals surface area contributed by atoms with E-state index in [1.54, 1.807) is 12.1 Å². The van der Waals surface area contributed by atoms with E-state index < -0.39 is 22.5 Å². The molecule has 0 saturated heterocycles. The zero-order valence-electron chi connectivity index (χ0n) is 13.9. The summed E-state index contributed by atoms with van der Waals surface area (Å²) in [5.74, 6) is -0.509. The lowest BCUT2D eigenvalue weighted by atomic mass is 10.2. The van der Waals surface area contributed by atoms with Crippen LogP contribution in [0.5, 0.6) is 5.75 Å². The number of rotatable bonds is 8. The Kier molecular flexibility index (Phi) is 6.64. The molecule has 1 amide bonds. The molecule has 0 unspecified atom stereocenters. The van der Waals surface area contributed by atoms with E-state index in [0.717, 1.165) is 5.56 Å². The fraction of sp³-hybridized carbons (Fsp3) is 0.235. The molecule has 2 rings (SSSR count). The first-order chi connectivity index (χ1) is 12.3. The van der Waals surface area contributed by atoms with Gasteiger partial charge in [0.25, 0.3) is 5.91 Å². The van der Waals surface area contributed by atoms with E-state index in [1.165, 1.54) is 36.4 Å². The van der Waals surface area contributed by atoms with Gasteiger partial charge in [0.2, 0.25) is 10.0 Å². The zero-order valence-corrected chi connectivity index (χ0v) is 14.7. The Hall–Kier alpha value is -2.52. The van der Waals surface area contributed by atoms with Crippen LogP contribution in [0.25, 0.3) is 0 Å². The summed E-state index contributed by atoms with van der Waals surface area (Å²) < 4.78 is 54.9. The van der Waals surface area contributed by atoms with E-state index in [2.05, 4.69) is 14.8 Å². The Bertz CT molecular complexity index is 838. The topological polar surface area (TPSA) is 84.5 Å². The fourth-order valence-corrected chi connectivity index (χ4v) is 3.08. The summed E-state index contributed by atoms with van der Waals surface area (Å²) >= 11 is 0. The SMILES string of the molecule is Cc1ccc(S(=O)(=O)NCCNC(=O)c2ccc(OC(F)F)cc2)cc1. The van der Waals surface area contributed by atoms with Gasteiger partial charge in [0.1, 0.15) is 5.75 Å². The van der Waals surface area contributed by atoms with Crippen molar-refractivity contribution >= 4 is 15.9 Å². The molecule has 0 aliphatic heterocycles. The highest BCUT2D eigenvalue weighted by Crippen LogP contribution is 2.14. The number of hydrogen-bond donors (Lipinski definition) is 2. The Morgan fingerprint density at radius 2 is 1.65 bits per heavy atom. The molecule has 0 aliphatic rings. The van der Waals surface area contributed by atoms with Gasteiger partial charge in [-0.3, -0.25) is 4.79 Å². The van der Waals surface area contributed by atoms with Crippen LogP contribution in [0.4, 0.5) is 8.78 Å². The van der Waals surface area contributed by atoms with Crippen molar-refractivity contribution < 1.29 is 26.7 Å². The lowest BCUT2D eigenvalue weighted by molar-refractivity contribution is -0.0498. The first kappa shape index (κ1) is 19.8. The van der Waals surface area contributed by atoms with Gasteiger partial charge in [-0.2, -0.15) is 8.78 Å². The third kappa shape index (κ3) is 5.78. The average Bonchev–Trinajstić information content (AvgIpc) is 2.59. The van der Waals surface area contributed by atoms with Gasteiger partial charge in [0, 0.05) is 18.7 Å². The Balaban J connectivity index is 1.81. The smallest absolute Gasteiger partial charge is 0.387 e. The number of benzene rings is 2. The van der Waals surface area contributed by atoms with Crippen LogP contribution in [-0.4, -0.2) is 34.0 Å². The molecule has 0 aliphatic carbocycles. The maximum Gasteiger partial charge on any atom is 0.387 e. The summed E-state index contributed by atoms with van der Waals surface area (Å²) in [4.78, 5) is 12.1. The summed E-state index contributed by atoms with van der Waals surface area (Å²) in [7, 11) is -3.65. The van der Waals surface area contributed by atoms with Crippen molar-refractivity contribution in [1.82, 2.24) is 10.0 Å². The van der Waals surface area contributed by atoms with Crippen molar-refractivity contribution in [1.29, 1.82) is 0 Å². The lowest BCUT2D eigenvalue weighted by Gasteiger charge is -2.09. The molecule has 0 aromatic heterocycles. The van der Waals surface area contributed by atoms with Gasteiger partial charge in [-0.25, -0.2) is 13.1 Å². The molecular weight excluding hydrogens is 366 g/mol. The second-order valence-electron chi connectivity index (χ2n) is 5.37. The van der Waals surface area contributed by atoms with Crippen LogP contribution >= 0.6 is 0 Å². The van der Waals surface area contributed by atoms with Gasteiger partial charge in [-0.15, -0.1) is 0 Å². The summed E-state index contributed by atoms with van der Waals surface area (Å²) in [6.45, 7) is -1.00. The predicted octanol–water partition coefficient (Wildman–Crippen LogP) is 2.30. The molecular formula is C17H18F2N2O4S. The van der Waals surface area contributed by atoms with Crippen LogP contribution in [0.2, 0.25) is 0 Å². The van der Waals surface area contributed by atoms with Crippen molar-refractivity contribution in [3.63, 3.8) is 0 Å². The first-order valence-electron chi connectivity index (χ1n) is 7.67. The third-order valence-corrected chi connectivity index (χ3v) is 4.85. The fourth-order valence-electron chi connectivity index (χ4n) is 2.05. The van der Waals surface area contributed by atoms with Gasteiger partial charge >= 0.3 is 6.61 Å². The molecule has 6 nitrogen and oxygen atoms in total. The zero-order chi connectivity index (χ0) is 19.2. The van der Waals surface area contributed by atoms with Crippen molar-refractivity contribution in [3.8, 4) is 5.75 Å². The van der Waals surface area contributed by atoms with E-state index in [9.17, 15) is 22.0 Å². The maximum atomic E-state index is 12.1. The van der Waals surface area contributed by atoms with Gasteiger partial charge in [0.15, 0.2) is 0 Å². The minimum absolute atomic E-state index is 0.00846. The number of carbonyl (C=O) groups excluding carboxylic acids is 1. The number of ether oxygens (including phenoxy) is 1. The number of carbonyl (C=O) groups is 1. The highest BCUT2D eigenvalue weighted by molar-refractivity contribution is 7.89. The molecule has 0 heterocycles. The second kappa shape index (κ2) is 8.72. The van der Waals surface area contributed by atoms with E-state index in [4.69, 9.17) is 0 Å². The summed E-state index contributed by atoms with van der Waals surface area (Å²) in [5, 5.41) is 2.54. The number of nitrogens with one attached hydrogen (secondary N) is 2. The van der Waals surface area contributed by atoms with Crippen LogP contribution in [0.1, 0.15) is 15.9 Å². The van der Waals surface area contributed by atoms with Gasteiger partial charge in [-0.05, 0) is 43.3 Å². The number of sulfonamides is 1. The molecule has 9 heteroatoms. The van der Waals surface area contributed by atoms with Crippen molar-refractivity contribution in [3.05, 3.63) is 59.7 Å². The largest absolute Gasteiger partial charge is 0.435 e. The van der Waals surface area contributed by atoms with Crippen LogP contribution < -0.4 is 14.8 Å². The molecule has 2 N–H and O–H groups in total. The van der Waals surface area contributed by atoms with E-state index in [-0.39, 0.29) is 29.3 Å². The molecule has 26 heavy (non-hydrogen) atoms. The predicted molar refractivity (Wildman–Crippen MR) is 91.8 cm³/mol. The Labute approximate surface area is 150 Å². The normalized spacial score (nSPS) is 11.4. The minimum Gasteiger partial charge on any atom is -0.435 e. The second-order valence-corrected chi connectivity index (χ2v) is 7.14. The van der Waals surface area contributed by atoms with E-state index >= 15 is 0 Å². The maximum absolute atomic E-state index is 12.1. The highest BCUT2D eigenvalue weighted by atomic mass is 32.2. The minimum atomic E-state index is -3.65. The summed E-state index contributed by atoms with van der Waals surface area (Å²) in [5.41, 5.74) is 1.19. The quantitative estimate of drug-likeness (QED) is 0.684. The van der Waals surface area contributed by atoms with Crippen LogP contribution in [0, 0.1) is 6.92 Å². The first-order valence-corrected chi connectivity index (χ1v) is 9.15. The lowest BCUT2D eigenvalue weighted by Crippen LogP contribution is -2.34. The molecule has 0 radical (unpaired) electrons. The highest BCUT2D eigenvalue weighted by Gasteiger charge is 2.13. The van der Waals surface area contributed by atoms with Crippen LogP contribution in [0.3, 0.4) is 0 Å². The molecule has 2 aromatic rings. The molecule has 2 aromatic carbocycles.